The van der Waals surface area contributed by atoms with Gasteiger partial charge in [0.05, 0.1) is 6.54 Å². The number of hydrogen-bond acceptors (Lipinski definition) is 3. The molecule has 5 nitrogen and oxygen atoms in total. The summed E-state index contributed by atoms with van der Waals surface area (Å²) in [4.78, 5) is 12.1. The number of nitrogens with one attached hydrogen (secondary N) is 1. The van der Waals surface area contributed by atoms with Crippen LogP contribution in [0, 0.1) is 6.92 Å². The molecular weight excluding hydrogens is 242 g/mol. The number of nitrogens with zero attached hydrogens (tertiary/aromatic N) is 2. The molecule has 1 aromatic heterocycles. The molecular formula is C14H17N3O2. The van der Waals surface area contributed by atoms with Gasteiger partial charge in [0.2, 0.25) is 0 Å². The molecule has 0 fully saturated rings. The lowest BCUT2D eigenvalue weighted by atomic mass is 10.1. The molecule has 1 atom stereocenters. The molecule has 0 aliphatic rings. The van der Waals surface area contributed by atoms with E-state index >= 15 is 0 Å². The Bertz CT molecular complexity index is 564. The van der Waals surface area contributed by atoms with Gasteiger partial charge in [-0.05, 0) is 32.0 Å². The Morgan fingerprint density at radius 1 is 1.47 bits per heavy atom. The third kappa shape index (κ3) is 3.13. The van der Waals surface area contributed by atoms with Gasteiger partial charge in [-0.25, -0.2) is 0 Å². The molecule has 0 aliphatic heterocycles. The molecule has 1 aromatic carbocycles. The van der Waals surface area contributed by atoms with E-state index in [1.807, 2.05) is 19.2 Å². The fourth-order valence-electron chi connectivity index (χ4n) is 1.91. The van der Waals surface area contributed by atoms with Crippen LogP contribution in [0.15, 0.2) is 36.7 Å². The molecule has 1 unspecified atom stereocenters. The zero-order valence-electron chi connectivity index (χ0n) is 11.0. The second-order valence-electron chi connectivity index (χ2n) is 4.55. The lowest BCUT2D eigenvalue weighted by molar-refractivity contribution is 0.0935. The number of aromatic hydroxyl groups is 1. The summed E-state index contributed by atoms with van der Waals surface area (Å²) in [5.74, 6) is -0.0552. The third-order valence-corrected chi connectivity index (χ3v) is 2.95. The zero-order valence-corrected chi connectivity index (χ0v) is 11.0. The van der Waals surface area contributed by atoms with Crippen molar-refractivity contribution in [3.63, 3.8) is 0 Å². The van der Waals surface area contributed by atoms with Crippen LogP contribution in [0.2, 0.25) is 0 Å². The molecule has 0 aliphatic carbocycles. The maximum absolute atomic E-state index is 12.1. The van der Waals surface area contributed by atoms with E-state index in [4.69, 9.17) is 0 Å². The SMILES string of the molecule is Cc1c(O)cccc1C(=O)NC(C)Cn1cccn1. The van der Waals surface area contributed by atoms with E-state index in [1.54, 1.807) is 36.0 Å². The second kappa shape index (κ2) is 5.56. The van der Waals surface area contributed by atoms with Crippen molar-refractivity contribution in [3.05, 3.63) is 47.8 Å². The molecule has 100 valence electrons. The molecule has 0 bridgehead atoms. The summed E-state index contributed by atoms with van der Waals surface area (Å²) >= 11 is 0. The van der Waals surface area contributed by atoms with E-state index in [1.165, 1.54) is 0 Å². The Morgan fingerprint density at radius 3 is 2.95 bits per heavy atom. The molecule has 2 aromatic rings. The summed E-state index contributed by atoms with van der Waals surface area (Å²) in [6, 6.07) is 6.72. The minimum atomic E-state index is -0.187. The van der Waals surface area contributed by atoms with Crippen LogP contribution in [0.1, 0.15) is 22.8 Å². The van der Waals surface area contributed by atoms with Crippen molar-refractivity contribution >= 4 is 5.91 Å². The predicted molar refractivity (Wildman–Crippen MR) is 72.0 cm³/mol. The van der Waals surface area contributed by atoms with E-state index < -0.39 is 0 Å². The molecule has 1 amide bonds. The summed E-state index contributed by atoms with van der Waals surface area (Å²) in [6.07, 6.45) is 3.55. The van der Waals surface area contributed by atoms with Gasteiger partial charge < -0.3 is 10.4 Å². The minimum absolute atomic E-state index is 0.0471. The summed E-state index contributed by atoms with van der Waals surface area (Å²) < 4.78 is 1.76. The highest BCUT2D eigenvalue weighted by atomic mass is 16.3. The van der Waals surface area contributed by atoms with Crippen LogP contribution in [0.3, 0.4) is 0 Å². The van der Waals surface area contributed by atoms with Crippen molar-refractivity contribution in [2.24, 2.45) is 0 Å². The number of phenols is 1. The molecule has 2 rings (SSSR count). The first-order valence-electron chi connectivity index (χ1n) is 6.15. The van der Waals surface area contributed by atoms with Gasteiger partial charge in [-0.1, -0.05) is 6.07 Å². The van der Waals surface area contributed by atoms with Crippen LogP contribution < -0.4 is 5.32 Å². The van der Waals surface area contributed by atoms with Gasteiger partial charge in [0.1, 0.15) is 5.75 Å². The van der Waals surface area contributed by atoms with Gasteiger partial charge in [0.25, 0.3) is 5.91 Å². The monoisotopic (exact) mass is 259 g/mol. The van der Waals surface area contributed by atoms with Gasteiger partial charge in [-0.15, -0.1) is 0 Å². The Morgan fingerprint density at radius 2 is 2.26 bits per heavy atom. The fourth-order valence-corrected chi connectivity index (χ4v) is 1.91. The third-order valence-electron chi connectivity index (χ3n) is 2.95. The molecule has 0 saturated heterocycles. The lowest BCUT2D eigenvalue weighted by Gasteiger charge is -2.15. The van der Waals surface area contributed by atoms with Crippen molar-refractivity contribution in [3.8, 4) is 5.75 Å². The van der Waals surface area contributed by atoms with E-state index in [-0.39, 0.29) is 17.7 Å². The number of amides is 1. The summed E-state index contributed by atoms with van der Waals surface area (Å²) in [6.45, 7) is 4.25. The van der Waals surface area contributed by atoms with Gasteiger partial charge >= 0.3 is 0 Å². The van der Waals surface area contributed by atoms with Crippen LogP contribution in [-0.4, -0.2) is 26.8 Å². The van der Waals surface area contributed by atoms with Crippen molar-refractivity contribution in [2.45, 2.75) is 26.4 Å². The molecule has 0 radical (unpaired) electrons. The topological polar surface area (TPSA) is 67.2 Å². The van der Waals surface area contributed by atoms with Crippen molar-refractivity contribution in [1.29, 1.82) is 0 Å². The first-order chi connectivity index (χ1) is 9.08. The van der Waals surface area contributed by atoms with Crippen molar-refractivity contribution < 1.29 is 9.90 Å². The predicted octanol–water partition coefficient (Wildman–Crippen LogP) is 1.72. The fraction of sp³-hybridized carbons (Fsp3) is 0.286. The quantitative estimate of drug-likeness (QED) is 0.878. The van der Waals surface area contributed by atoms with Gasteiger partial charge in [0, 0.05) is 29.6 Å². The summed E-state index contributed by atoms with van der Waals surface area (Å²) in [5, 5.41) is 16.6. The first kappa shape index (κ1) is 13.1. The largest absolute Gasteiger partial charge is 0.508 e. The highest BCUT2D eigenvalue weighted by Gasteiger charge is 2.14. The average molecular weight is 259 g/mol. The molecule has 0 saturated carbocycles. The molecule has 2 N–H and O–H groups in total. The van der Waals surface area contributed by atoms with Crippen molar-refractivity contribution in [1.82, 2.24) is 15.1 Å². The van der Waals surface area contributed by atoms with E-state index in [0.717, 1.165) is 0 Å². The standard InChI is InChI=1S/C14H17N3O2/c1-10(9-17-8-4-7-15-17)16-14(19)12-5-3-6-13(18)11(12)2/h3-8,10,18H,9H2,1-2H3,(H,16,19). The molecule has 0 spiro atoms. The van der Waals surface area contributed by atoms with Crippen LogP contribution in [0.25, 0.3) is 0 Å². The van der Waals surface area contributed by atoms with Gasteiger partial charge in [-0.3, -0.25) is 9.48 Å². The number of carbonyl (C=O) groups excluding carboxylic acids is 1. The average Bonchev–Trinajstić information content (AvgIpc) is 2.85. The van der Waals surface area contributed by atoms with Crippen LogP contribution in [0.5, 0.6) is 5.75 Å². The van der Waals surface area contributed by atoms with Gasteiger partial charge in [-0.2, -0.15) is 5.10 Å². The first-order valence-corrected chi connectivity index (χ1v) is 6.15. The maximum atomic E-state index is 12.1. The normalized spacial score (nSPS) is 12.1. The summed E-state index contributed by atoms with van der Waals surface area (Å²) in [7, 11) is 0. The Balaban J connectivity index is 2.02. The molecule has 5 heteroatoms. The number of benzene rings is 1. The van der Waals surface area contributed by atoms with Gasteiger partial charge in [0.15, 0.2) is 0 Å². The number of hydrogen-bond donors (Lipinski definition) is 2. The zero-order chi connectivity index (χ0) is 13.8. The van der Waals surface area contributed by atoms with E-state index in [2.05, 4.69) is 10.4 Å². The molecule has 1 heterocycles. The number of rotatable bonds is 4. The van der Waals surface area contributed by atoms with Crippen LogP contribution in [0.4, 0.5) is 0 Å². The van der Waals surface area contributed by atoms with Crippen molar-refractivity contribution in [2.75, 3.05) is 0 Å². The molecule has 19 heavy (non-hydrogen) atoms. The Labute approximate surface area is 111 Å². The highest BCUT2D eigenvalue weighted by Crippen LogP contribution is 2.19. The number of carbonyl (C=O) groups is 1. The van der Waals surface area contributed by atoms with E-state index in [9.17, 15) is 9.90 Å². The van der Waals surface area contributed by atoms with Crippen LogP contribution in [-0.2, 0) is 6.54 Å². The number of aromatic nitrogens is 2. The minimum Gasteiger partial charge on any atom is -0.508 e. The highest BCUT2D eigenvalue weighted by molar-refractivity contribution is 5.96. The summed E-state index contributed by atoms with van der Waals surface area (Å²) in [5.41, 5.74) is 1.08. The number of phenolic OH excluding ortho intramolecular Hbond substituents is 1. The van der Waals surface area contributed by atoms with Crippen LogP contribution >= 0.6 is 0 Å². The lowest BCUT2D eigenvalue weighted by Crippen LogP contribution is -2.36. The smallest absolute Gasteiger partial charge is 0.251 e. The Kier molecular flexibility index (Phi) is 3.85. The Hall–Kier alpha value is -2.30. The van der Waals surface area contributed by atoms with E-state index in [0.29, 0.717) is 17.7 Å². The maximum Gasteiger partial charge on any atom is 0.251 e. The second-order valence-corrected chi connectivity index (χ2v) is 4.55.